The molecule has 1 unspecified atom stereocenters. The molecule has 0 bridgehead atoms. The van der Waals surface area contributed by atoms with Crippen molar-refractivity contribution in [3.63, 3.8) is 0 Å². The SMILES string of the molecule is CCC(Cl)CCCc1cccc(Cl)c1. The Labute approximate surface area is 96.2 Å². The zero-order chi connectivity index (χ0) is 10.4. The first kappa shape index (κ1) is 11.9. The van der Waals surface area contributed by atoms with Gasteiger partial charge in [0.15, 0.2) is 0 Å². The smallest absolute Gasteiger partial charge is 0.0408 e. The first-order valence-electron chi connectivity index (χ1n) is 5.11. The molecule has 1 rings (SSSR count). The summed E-state index contributed by atoms with van der Waals surface area (Å²) in [6.45, 7) is 2.12. The van der Waals surface area contributed by atoms with Crippen LogP contribution < -0.4 is 0 Å². The van der Waals surface area contributed by atoms with E-state index in [2.05, 4.69) is 13.0 Å². The van der Waals surface area contributed by atoms with E-state index in [4.69, 9.17) is 23.2 Å². The predicted molar refractivity (Wildman–Crippen MR) is 64.3 cm³/mol. The van der Waals surface area contributed by atoms with Gasteiger partial charge in [-0.2, -0.15) is 0 Å². The minimum Gasteiger partial charge on any atom is -0.123 e. The van der Waals surface area contributed by atoms with Crippen LogP contribution in [0.15, 0.2) is 24.3 Å². The lowest BCUT2D eigenvalue weighted by Crippen LogP contribution is -1.96. The molecular weight excluding hydrogens is 215 g/mol. The number of alkyl halides is 1. The Morgan fingerprint density at radius 3 is 2.79 bits per heavy atom. The van der Waals surface area contributed by atoms with Crippen LogP contribution in [0.5, 0.6) is 0 Å². The second-order valence-electron chi connectivity index (χ2n) is 3.53. The summed E-state index contributed by atoms with van der Waals surface area (Å²) in [6.07, 6.45) is 4.35. The minimum atomic E-state index is 0.328. The van der Waals surface area contributed by atoms with Gasteiger partial charge < -0.3 is 0 Å². The van der Waals surface area contributed by atoms with Crippen molar-refractivity contribution in [2.24, 2.45) is 0 Å². The van der Waals surface area contributed by atoms with Crippen LogP contribution in [0.3, 0.4) is 0 Å². The Morgan fingerprint density at radius 1 is 1.36 bits per heavy atom. The van der Waals surface area contributed by atoms with Gasteiger partial charge in [0.25, 0.3) is 0 Å². The standard InChI is InChI=1S/C12H16Cl2/c1-2-11(13)7-3-5-10-6-4-8-12(14)9-10/h4,6,8-9,11H,2-3,5,7H2,1H3. The zero-order valence-corrected chi connectivity index (χ0v) is 9.98. The molecular formula is C12H16Cl2. The highest BCUT2D eigenvalue weighted by Gasteiger charge is 2.01. The molecule has 0 radical (unpaired) electrons. The summed E-state index contributed by atoms with van der Waals surface area (Å²) in [6, 6.07) is 8.04. The molecule has 0 heterocycles. The van der Waals surface area contributed by atoms with E-state index in [1.54, 1.807) is 0 Å². The molecule has 0 spiro atoms. The molecule has 0 nitrogen and oxygen atoms in total. The van der Waals surface area contributed by atoms with Gasteiger partial charge in [-0.05, 0) is 43.4 Å². The van der Waals surface area contributed by atoms with Crippen molar-refractivity contribution >= 4 is 23.2 Å². The van der Waals surface area contributed by atoms with Crippen molar-refractivity contribution < 1.29 is 0 Å². The highest BCUT2D eigenvalue weighted by atomic mass is 35.5. The Balaban J connectivity index is 2.31. The third-order valence-corrected chi connectivity index (χ3v) is 3.08. The van der Waals surface area contributed by atoms with Crippen LogP contribution >= 0.6 is 23.2 Å². The number of halogens is 2. The van der Waals surface area contributed by atoms with E-state index >= 15 is 0 Å². The van der Waals surface area contributed by atoms with E-state index in [0.29, 0.717) is 5.38 Å². The summed E-state index contributed by atoms with van der Waals surface area (Å²) in [7, 11) is 0. The van der Waals surface area contributed by atoms with Crippen LogP contribution in [0.1, 0.15) is 31.7 Å². The molecule has 0 saturated heterocycles. The number of rotatable bonds is 5. The Bertz CT molecular complexity index is 271. The van der Waals surface area contributed by atoms with Gasteiger partial charge in [0.05, 0.1) is 0 Å². The van der Waals surface area contributed by atoms with E-state index in [9.17, 15) is 0 Å². The topological polar surface area (TPSA) is 0 Å². The van der Waals surface area contributed by atoms with Crippen LogP contribution in [0.4, 0.5) is 0 Å². The first-order valence-corrected chi connectivity index (χ1v) is 5.92. The molecule has 78 valence electrons. The number of benzene rings is 1. The van der Waals surface area contributed by atoms with Crippen molar-refractivity contribution in [3.05, 3.63) is 34.9 Å². The lowest BCUT2D eigenvalue weighted by Gasteiger charge is -2.05. The molecule has 1 atom stereocenters. The fraction of sp³-hybridized carbons (Fsp3) is 0.500. The van der Waals surface area contributed by atoms with Gasteiger partial charge in [0, 0.05) is 10.4 Å². The molecule has 0 fully saturated rings. The molecule has 0 aliphatic heterocycles. The molecule has 0 aliphatic carbocycles. The van der Waals surface area contributed by atoms with Crippen molar-refractivity contribution in [3.8, 4) is 0 Å². The van der Waals surface area contributed by atoms with Crippen molar-refractivity contribution in [2.45, 2.75) is 38.0 Å². The summed E-state index contributed by atoms with van der Waals surface area (Å²) in [4.78, 5) is 0. The molecule has 0 aliphatic rings. The van der Waals surface area contributed by atoms with Crippen LogP contribution in [0.2, 0.25) is 5.02 Å². The fourth-order valence-electron chi connectivity index (χ4n) is 1.42. The highest BCUT2D eigenvalue weighted by molar-refractivity contribution is 6.30. The lowest BCUT2D eigenvalue weighted by atomic mass is 10.1. The van der Waals surface area contributed by atoms with Crippen LogP contribution in [-0.2, 0) is 6.42 Å². The van der Waals surface area contributed by atoms with Crippen molar-refractivity contribution in [1.82, 2.24) is 0 Å². The molecule has 0 aromatic heterocycles. The van der Waals surface area contributed by atoms with Gasteiger partial charge in [0.2, 0.25) is 0 Å². The van der Waals surface area contributed by atoms with Gasteiger partial charge in [-0.3, -0.25) is 0 Å². The summed E-state index contributed by atoms with van der Waals surface area (Å²) in [5.74, 6) is 0. The Morgan fingerprint density at radius 2 is 2.14 bits per heavy atom. The van der Waals surface area contributed by atoms with Crippen molar-refractivity contribution in [2.75, 3.05) is 0 Å². The van der Waals surface area contributed by atoms with Gasteiger partial charge in [-0.15, -0.1) is 11.6 Å². The summed E-state index contributed by atoms with van der Waals surface area (Å²) >= 11 is 11.9. The lowest BCUT2D eigenvalue weighted by molar-refractivity contribution is 0.675. The van der Waals surface area contributed by atoms with Gasteiger partial charge in [-0.25, -0.2) is 0 Å². The minimum absolute atomic E-state index is 0.328. The van der Waals surface area contributed by atoms with Crippen LogP contribution in [0.25, 0.3) is 0 Å². The molecule has 2 heteroatoms. The van der Waals surface area contributed by atoms with Crippen molar-refractivity contribution in [1.29, 1.82) is 0 Å². The van der Waals surface area contributed by atoms with E-state index < -0.39 is 0 Å². The highest BCUT2D eigenvalue weighted by Crippen LogP contribution is 2.15. The third-order valence-electron chi connectivity index (χ3n) is 2.31. The molecule has 0 saturated carbocycles. The largest absolute Gasteiger partial charge is 0.123 e. The predicted octanol–water partition coefficient (Wildman–Crippen LogP) is 4.68. The molecule has 0 N–H and O–H groups in total. The van der Waals surface area contributed by atoms with Gasteiger partial charge in [0.1, 0.15) is 0 Å². The third kappa shape index (κ3) is 4.34. The maximum absolute atomic E-state index is 6.04. The second kappa shape index (κ2) is 6.31. The average molecular weight is 231 g/mol. The van der Waals surface area contributed by atoms with Gasteiger partial charge in [-0.1, -0.05) is 30.7 Å². The van der Waals surface area contributed by atoms with E-state index in [-0.39, 0.29) is 0 Å². The number of aryl methyl sites for hydroxylation is 1. The Hall–Kier alpha value is -0.200. The number of hydrogen-bond acceptors (Lipinski definition) is 0. The first-order chi connectivity index (χ1) is 6.72. The summed E-state index contributed by atoms with van der Waals surface area (Å²) in [5, 5.41) is 1.15. The van der Waals surface area contributed by atoms with E-state index in [1.165, 1.54) is 5.56 Å². The molecule has 1 aromatic rings. The van der Waals surface area contributed by atoms with Crippen LogP contribution in [-0.4, -0.2) is 5.38 Å². The summed E-state index contributed by atoms with van der Waals surface area (Å²) in [5.41, 5.74) is 1.30. The number of hydrogen-bond donors (Lipinski definition) is 0. The molecule has 14 heavy (non-hydrogen) atoms. The van der Waals surface area contributed by atoms with Gasteiger partial charge >= 0.3 is 0 Å². The Kier molecular flexibility index (Phi) is 5.36. The van der Waals surface area contributed by atoms with Crippen LogP contribution in [0, 0.1) is 0 Å². The fourth-order valence-corrected chi connectivity index (χ4v) is 1.79. The zero-order valence-electron chi connectivity index (χ0n) is 8.47. The normalized spacial score (nSPS) is 12.8. The maximum atomic E-state index is 6.04. The van der Waals surface area contributed by atoms with E-state index in [0.717, 1.165) is 30.7 Å². The van der Waals surface area contributed by atoms with E-state index in [1.807, 2.05) is 18.2 Å². The molecule has 0 amide bonds. The quantitative estimate of drug-likeness (QED) is 0.645. The average Bonchev–Trinajstić information content (AvgIpc) is 2.17. The molecule has 1 aromatic carbocycles. The maximum Gasteiger partial charge on any atom is 0.0408 e. The monoisotopic (exact) mass is 230 g/mol. The second-order valence-corrected chi connectivity index (χ2v) is 4.58. The summed E-state index contributed by atoms with van der Waals surface area (Å²) < 4.78 is 0.